The maximum atomic E-state index is 12.7. The summed E-state index contributed by atoms with van der Waals surface area (Å²) >= 11 is 0. The molecule has 4 heteroatoms. The normalized spacial score (nSPS) is 11.0. The molecule has 3 aromatic rings. The first-order valence-corrected chi connectivity index (χ1v) is 8.91. The summed E-state index contributed by atoms with van der Waals surface area (Å²) < 4.78 is 1.73. The number of aromatic nitrogens is 2. The summed E-state index contributed by atoms with van der Waals surface area (Å²) in [5.74, 6) is -0.121. The van der Waals surface area contributed by atoms with Gasteiger partial charge in [0.15, 0.2) is 0 Å². The Morgan fingerprint density at radius 2 is 1.77 bits per heavy atom. The average molecular weight is 347 g/mol. The van der Waals surface area contributed by atoms with Gasteiger partial charge in [0.1, 0.15) is 5.69 Å². The van der Waals surface area contributed by atoms with Crippen LogP contribution in [-0.2, 0) is 0 Å². The number of nitrogens with one attached hydrogen (secondary N) is 1. The molecular formula is C22H25N3O. The van der Waals surface area contributed by atoms with Gasteiger partial charge in [-0.1, -0.05) is 24.3 Å². The molecule has 0 fully saturated rings. The van der Waals surface area contributed by atoms with Gasteiger partial charge in [0, 0.05) is 11.6 Å². The minimum atomic E-state index is -0.121. The lowest BCUT2D eigenvalue weighted by atomic mass is 10.0. The predicted molar refractivity (Wildman–Crippen MR) is 106 cm³/mol. The van der Waals surface area contributed by atoms with E-state index in [9.17, 15) is 4.79 Å². The fourth-order valence-corrected chi connectivity index (χ4v) is 2.88. The molecule has 1 N–H and O–H groups in total. The zero-order valence-corrected chi connectivity index (χ0v) is 16.0. The van der Waals surface area contributed by atoms with E-state index in [0.717, 1.165) is 22.5 Å². The number of hydrogen-bond donors (Lipinski definition) is 1. The maximum Gasteiger partial charge on any atom is 0.270 e. The smallest absolute Gasteiger partial charge is 0.270 e. The number of carbonyl (C=O) groups is 1. The van der Waals surface area contributed by atoms with Crippen LogP contribution in [0.5, 0.6) is 0 Å². The third-order valence-corrected chi connectivity index (χ3v) is 4.41. The molecule has 1 amide bonds. The minimum Gasteiger partial charge on any atom is -0.349 e. The summed E-state index contributed by atoms with van der Waals surface area (Å²) in [6.07, 6.45) is 0. The van der Waals surface area contributed by atoms with Crippen LogP contribution >= 0.6 is 0 Å². The molecule has 1 aromatic heterocycles. The molecule has 134 valence electrons. The van der Waals surface area contributed by atoms with Gasteiger partial charge in [-0.25, -0.2) is 4.68 Å². The number of rotatable bonds is 4. The highest BCUT2D eigenvalue weighted by atomic mass is 16.2. The number of aryl methyl sites for hydroxylation is 3. The molecular weight excluding hydrogens is 322 g/mol. The zero-order valence-electron chi connectivity index (χ0n) is 16.0. The van der Waals surface area contributed by atoms with E-state index in [1.54, 1.807) is 4.68 Å². The van der Waals surface area contributed by atoms with E-state index in [0.29, 0.717) is 5.69 Å². The van der Waals surface area contributed by atoms with Crippen LogP contribution < -0.4 is 5.32 Å². The highest BCUT2D eigenvalue weighted by Gasteiger charge is 2.18. The Kier molecular flexibility index (Phi) is 4.94. The second kappa shape index (κ2) is 7.16. The maximum absolute atomic E-state index is 12.7. The Labute approximate surface area is 154 Å². The molecule has 2 aromatic carbocycles. The van der Waals surface area contributed by atoms with E-state index in [-0.39, 0.29) is 11.9 Å². The first-order chi connectivity index (χ1) is 12.3. The van der Waals surface area contributed by atoms with Gasteiger partial charge in [-0.15, -0.1) is 0 Å². The van der Waals surface area contributed by atoms with E-state index in [4.69, 9.17) is 5.10 Å². The van der Waals surface area contributed by atoms with E-state index >= 15 is 0 Å². The highest BCUT2D eigenvalue weighted by molar-refractivity contribution is 5.94. The van der Waals surface area contributed by atoms with Gasteiger partial charge in [0.2, 0.25) is 0 Å². The van der Waals surface area contributed by atoms with Crippen LogP contribution in [0, 0.1) is 20.8 Å². The first-order valence-electron chi connectivity index (χ1n) is 8.91. The molecule has 0 atom stereocenters. The molecule has 0 aliphatic carbocycles. The third-order valence-electron chi connectivity index (χ3n) is 4.41. The Morgan fingerprint density at radius 1 is 1.00 bits per heavy atom. The van der Waals surface area contributed by atoms with Gasteiger partial charge in [-0.05, 0) is 75.6 Å². The largest absolute Gasteiger partial charge is 0.349 e. The predicted octanol–water partition coefficient (Wildman–Crippen LogP) is 4.60. The lowest BCUT2D eigenvalue weighted by molar-refractivity contribution is 0.0935. The molecule has 0 saturated heterocycles. The Hall–Kier alpha value is -2.88. The Morgan fingerprint density at radius 3 is 2.42 bits per heavy atom. The van der Waals surface area contributed by atoms with E-state index in [1.165, 1.54) is 11.1 Å². The van der Waals surface area contributed by atoms with Crippen molar-refractivity contribution in [1.82, 2.24) is 15.1 Å². The fraction of sp³-hybridized carbons (Fsp3) is 0.273. The van der Waals surface area contributed by atoms with Crippen LogP contribution in [0.3, 0.4) is 0 Å². The summed E-state index contributed by atoms with van der Waals surface area (Å²) in [6.45, 7) is 10.1. The lowest BCUT2D eigenvalue weighted by Gasteiger charge is -2.10. The molecule has 0 unspecified atom stereocenters. The topological polar surface area (TPSA) is 46.9 Å². The second-order valence-corrected chi connectivity index (χ2v) is 7.09. The lowest BCUT2D eigenvalue weighted by Crippen LogP contribution is -2.31. The molecule has 0 saturated carbocycles. The van der Waals surface area contributed by atoms with Crippen LogP contribution in [0.15, 0.2) is 48.5 Å². The standard InChI is InChI=1S/C22H25N3O/c1-14(2)23-22(26)21-13-20(18-10-9-16(4)17(5)12-18)24-25(21)19-8-6-7-15(3)11-19/h6-14H,1-5H3,(H,23,26). The van der Waals surface area contributed by atoms with E-state index in [1.807, 2.05) is 51.1 Å². The van der Waals surface area contributed by atoms with Crippen molar-refractivity contribution in [3.05, 3.63) is 70.9 Å². The Balaban J connectivity index is 2.13. The average Bonchev–Trinajstić information content (AvgIpc) is 3.02. The van der Waals surface area contributed by atoms with Gasteiger partial charge in [-0.3, -0.25) is 4.79 Å². The quantitative estimate of drug-likeness (QED) is 0.749. The summed E-state index contributed by atoms with van der Waals surface area (Å²) in [6, 6.07) is 16.2. The highest BCUT2D eigenvalue weighted by Crippen LogP contribution is 2.24. The molecule has 4 nitrogen and oxygen atoms in total. The minimum absolute atomic E-state index is 0.0634. The van der Waals surface area contributed by atoms with Crippen molar-refractivity contribution in [3.63, 3.8) is 0 Å². The van der Waals surface area contributed by atoms with Crippen LogP contribution in [0.2, 0.25) is 0 Å². The van der Waals surface area contributed by atoms with Crippen LogP contribution in [0.4, 0.5) is 0 Å². The van der Waals surface area contributed by atoms with Crippen LogP contribution in [0.25, 0.3) is 16.9 Å². The third kappa shape index (κ3) is 3.69. The molecule has 3 rings (SSSR count). The summed E-state index contributed by atoms with van der Waals surface area (Å²) in [4.78, 5) is 12.7. The van der Waals surface area contributed by atoms with Crippen molar-refractivity contribution in [2.75, 3.05) is 0 Å². The number of nitrogens with zero attached hydrogens (tertiary/aromatic N) is 2. The number of benzene rings is 2. The molecule has 1 heterocycles. The number of amides is 1. The van der Waals surface area contributed by atoms with Crippen molar-refractivity contribution in [2.45, 2.75) is 40.7 Å². The Bertz CT molecular complexity index is 954. The molecule has 0 bridgehead atoms. The molecule has 0 spiro atoms. The monoisotopic (exact) mass is 347 g/mol. The summed E-state index contributed by atoms with van der Waals surface area (Å²) in [5.41, 5.74) is 6.81. The van der Waals surface area contributed by atoms with Crippen LogP contribution in [-0.4, -0.2) is 21.7 Å². The molecule has 0 aliphatic rings. The number of carbonyl (C=O) groups excluding carboxylic acids is 1. The van der Waals surface area contributed by atoms with Crippen molar-refractivity contribution >= 4 is 5.91 Å². The van der Waals surface area contributed by atoms with E-state index in [2.05, 4.69) is 37.4 Å². The summed E-state index contributed by atoms with van der Waals surface area (Å²) in [7, 11) is 0. The SMILES string of the molecule is Cc1cccc(-n2nc(-c3ccc(C)c(C)c3)cc2C(=O)NC(C)C)c1. The summed E-state index contributed by atoms with van der Waals surface area (Å²) in [5, 5.41) is 7.72. The molecule has 26 heavy (non-hydrogen) atoms. The van der Waals surface area contributed by atoms with Gasteiger partial charge < -0.3 is 5.32 Å². The molecule has 0 aliphatic heterocycles. The van der Waals surface area contributed by atoms with Crippen molar-refractivity contribution in [1.29, 1.82) is 0 Å². The van der Waals surface area contributed by atoms with Gasteiger partial charge in [0.25, 0.3) is 5.91 Å². The van der Waals surface area contributed by atoms with Crippen LogP contribution in [0.1, 0.15) is 41.0 Å². The molecule has 0 radical (unpaired) electrons. The second-order valence-electron chi connectivity index (χ2n) is 7.09. The fourth-order valence-electron chi connectivity index (χ4n) is 2.88. The van der Waals surface area contributed by atoms with Crippen molar-refractivity contribution in [3.8, 4) is 16.9 Å². The van der Waals surface area contributed by atoms with Gasteiger partial charge >= 0.3 is 0 Å². The number of hydrogen-bond acceptors (Lipinski definition) is 2. The van der Waals surface area contributed by atoms with Crippen molar-refractivity contribution in [2.24, 2.45) is 0 Å². The van der Waals surface area contributed by atoms with Crippen molar-refractivity contribution < 1.29 is 4.79 Å². The van der Waals surface area contributed by atoms with E-state index < -0.39 is 0 Å². The zero-order chi connectivity index (χ0) is 18.8. The van der Waals surface area contributed by atoms with Gasteiger partial charge in [-0.2, -0.15) is 5.10 Å². The first kappa shape index (κ1) is 17.9. The van der Waals surface area contributed by atoms with Gasteiger partial charge in [0.05, 0.1) is 11.4 Å².